The largest absolute Gasteiger partial charge is 0.482 e. The van der Waals surface area contributed by atoms with Crippen LogP contribution in [0.2, 0.25) is 0 Å². The second-order valence-electron chi connectivity index (χ2n) is 5.51. The zero-order valence-electron chi connectivity index (χ0n) is 14.3. The molecule has 3 aromatic rings. The summed E-state index contributed by atoms with van der Waals surface area (Å²) in [5.74, 6) is -0.0869. The smallest absolute Gasteiger partial charge is 0.344 e. The molecule has 6 nitrogen and oxygen atoms in total. The third-order valence-electron chi connectivity index (χ3n) is 3.71. The van der Waals surface area contributed by atoms with E-state index in [0.29, 0.717) is 17.9 Å². The van der Waals surface area contributed by atoms with Gasteiger partial charge in [-0.3, -0.25) is 0 Å². The van der Waals surface area contributed by atoms with E-state index in [1.165, 1.54) is 13.2 Å². The molecule has 0 aliphatic carbocycles. The van der Waals surface area contributed by atoms with Crippen molar-refractivity contribution in [1.29, 1.82) is 0 Å². The van der Waals surface area contributed by atoms with E-state index in [1.54, 1.807) is 18.2 Å². The molecule has 0 fully saturated rings. The Morgan fingerprint density at radius 2 is 1.85 bits per heavy atom. The Bertz CT molecular complexity index is 945. The van der Waals surface area contributed by atoms with Gasteiger partial charge in [-0.25, -0.2) is 9.59 Å². The van der Waals surface area contributed by atoms with Gasteiger partial charge in [0.2, 0.25) is 0 Å². The van der Waals surface area contributed by atoms with E-state index in [0.717, 1.165) is 16.5 Å². The first-order chi connectivity index (χ1) is 12.7. The van der Waals surface area contributed by atoms with Crippen molar-refractivity contribution in [1.82, 2.24) is 0 Å². The van der Waals surface area contributed by atoms with Crippen molar-refractivity contribution in [3.63, 3.8) is 0 Å². The first-order valence-corrected chi connectivity index (χ1v) is 8.08. The Morgan fingerprint density at radius 3 is 2.62 bits per heavy atom. The van der Waals surface area contributed by atoms with Crippen LogP contribution in [0.15, 0.2) is 63.8 Å². The highest BCUT2D eigenvalue weighted by Gasteiger charge is 2.10. The second-order valence-corrected chi connectivity index (χ2v) is 5.51. The molecular weight excluding hydrogens is 336 g/mol. The molecule has 6 heteroatoms. The lowest BCUT2D eigenvalue weighted by atomic mass is 10.0. The summed E-state index contributed by atoms with van der Waals surface area (Å²) in [6.45, 7) is 0.263. The molecule has 3 rings (SSSR count). The lowest BCUT2D eigenvalue weighted by molar-refractivity contribution is -0.147. The summed E-state index contributed by atoms with van der Waals surface area (Å²) in [4.78, 5) is 23.5. The Morgan fingerprint density at radius 1 is 1.04 bits per heavy atom. The first kappa shape index (κ1) is 17.7. The molecule has 0 spiro atoms. The highest BCUT2D eigenvalue weighted by Crippen LogP contribution is 2.29. The standard InChI is InChI=1S/C20H18O6/c1-23-9-10-24-20(22)13-25-15-7-8-16-17(14-5-3-2-4-6-14)12-19(21)26-18(16)11-15/h2-8,11-12H,9-10,13H2,1H3. The molecule has 0 N–H and O–H groups in total. The van der Waals surface area contributed by atoms with Crippen LogP contribution in [0.25, 0.3) is 22.1 Å². The van der Waals surface area contributed by atoms with Gasteiger partial charge in [0.15, 0.2) is 6.61 Å². The van der Waals surface area contributed by atoms with Crippen LogP contribution in [0.4, 0.5) is 0 Å². The summed E-state index contributed by atoms with van der Waals surface area (Å²) in [7, 11) is 1.52. The van der Waals surface area contributed by atoms with Gasteiger partial charge in [-0.05, 0) is 23.3 Å². The molecule has 0 bridgehead atoms. The number of rotatable bonds is 7. The minimum atomic E-state index is -0.498. The van der Waals surface area contributed by atoms with Crippen molar-refractivity contribution in [2.75, 3.05) is 26.9 Å². The van der Waals surface area contributed by atoms with E-state index in [4.69, 9.17) is 18.6 Å². The molecule has 2 aromatic carbocycles. The van der Waals surface area contributed by atoms with Gasteiger partial charge in [-0.1, -0.05) is 30.3 Å². The molecule has 0 unspecified atom stereocenters. The molecule has 134 valence electrons. The Kier molecular flexibility index (Phi) is 5.66. The fraction of sp³-hybridized carbons (Fsp3) is 0.200. The van der Waals surface area contributed by atoms with E-state index in [-0.39, 0.29) is 13.2 Å². The van der Waals surface area contributed by atoms with Gasteiger partial charge >= 0.3 is 11.6 Å². The van der Waals surface area contributed by atoms with Crippen molar-refractivity contribution < 1.29 is 23.4 Å². The van der Waals surface area contributed by atoms with Gasteiger partial charge < -0.3 is 18.6 Å². The first-order valence-electron chi connectivity index (χ1n) is 8.08. The van der Waals surface area contributed by atoms with Gasteiger partial charge in [-0.2, -0.15) is 0 Å². The van der Waals surface area contributed by atoms with Crippen molar-refractivity contribution in [3.8, 4) is 16.9 Å². The minimum absolute atomic E-state index is 0.172. The summed E-state index contributed by atoms with van der Waals surface area (Å²) >= 11 is 0. The fourth-order valence-electron chi connectivity index (χ4n) is 2.51. The summed E-state index contributed by atoms with van der Waals surface area (Å²) < 4.78 is 20.4. The summed E-state index contributed by atoms with van der Waals surface area (Å²) in [6.07, 6.45) is 0. The van der Waals surface area contributed by atoms with Crippen molar-refractivity contribution in [2.24, 2.45) is 0 Å². The molecule has 1 aromatic heterocycles. The van der Waals surface area contributed by atoms with E-state index < -0.39 is 11.6 Å². The van der Waals surface area contributed by atoms with Crippen molar-refractivity contribution in [2.45, 2.75) is 0 Å². The van der Waals surface area contributed by atoms with E-state index in [1.807, 2.05) is 30.3 Å². The number of ether oxygens (including phenoxy) is 3. The van der Waals surface area contributed by atoms with Crippen LogP contribution in [0.3, 0.4) is 0 Å². The molecule has 0 atom stereocenters. The Labute approximate surface area is 149 Å². The second kappa shape index (κ2) is 8.31. The van der Waals surface area contributed by atoms with E-state index in [2.05, 4.69) is 0 Å². The molecule has 0 radical (unpaired) electrons. The lowest BCUT2D eigenvalue weighted by Gasteiger charge is -2.09. The number of hydrogen-bond acceptors (Lipinski definition) is 6. The zero-order chi connectivity index (χ0) is 18.4. The summed E-state index contributed by atoms with van der Waals surface area (Å²) in [6, 6.07) is 16.1. The number of carbonyl (C=O) groups excluding carboxylic acids is 1. The molecule has 0 aliphatic heterocycles. The lowest BCUT2D eigenvalue weighted by Crippen LogP contribution is -2.17. The van der Waals surface area contributed by atoms with E-state index >= 15 is 0 Å². The van der Waals surface area contributed by atoms with Gasteiger partial charge in [0.25, 0.3) is 0 Å². The van der Waals surface area contributed by atoms with Crippen molar-refractivity contribution >= 4 is 16.9 Å². The number of hydrogen-bond donors (Lipinski definition) is 0. The van der Waals surface area contributed by atoms with Gasteiger partial charge in [0, 0.05) is 24.6 Å². The molecule has 0 saturated heterocycles. The highest BCUT2D eigenvalue weighted by molar-refractivity contribution is 5.93. The number of benzene rings is 2. The van der Waals surface area contributed by atoms with Crippen LogP contribution in [0.1, 0.15) is 0 Å². The topological polar surface area (TPSA) is 75.0 Å². The fourth-order valence-corrected chi connectivity index (χ4v) is 2.51. The van der Waals surface area contributed by atoms with Crippen LogP contribution in [0.5, 0.6) is 5.75 Å². The number of carbonyl (C=O) groups is 1. The van der Waals surface area contributed by atoms with E-state index in [9.17, 15) is 9.59 Å². The molecular formula is C20H18O6. The molecule has 0 saturated carbocycles. The maximum Gasteiger partial charge on any atom is 0.344 e. The maximum atomic E-state index is 11.9. The van der Waals surface area contributed by atoms with Gasteiger partial charge in [0.05, 0.1) is 6.61 Å². The van der Waals surface area contributed by atoms with Crippen LogP contribution >= 0.6 is 0 Å². The summed E-state index contributed by atoms with van der Waals surface area (Å²) in [5, 5.41) is 0.783. The van der Waals surface area contributed by atoms with Crippen LogP contribution in [0, 0.1) is 0 Å². The quantitative estimate of drug-likeness (QED) is 0.369. The van der Waals surface area contributed by atoms with Crippen molar-refractivity contribution in [3.05, 3.63) is 65.0 Å². The predicted molar refractivity (Wildman–Crippen MR) is 96.3 cm³/mol. The maximum absolute atomic E-state index is 11.9. The number of esters is 1. The monoisotopic (exact) mass is 354 g/mol. The molecule has 1 heterocycles. The average Bonchev–Trinajstić information content (AvgIpc) is 2.66. The van der Waals surface area contributed by atoms with Gasteiger partial charge in [-0.15, -0.1) is 0 Å². The molecule has 0 aliphatic rings. The van der Waals surface area contributed by atoms with Crippen LogP contribution < -0.4 is 10.4 Å². The number of methoxy groups -OCH3 is 1. The number of fused-ring (bicyclic) bond motifs is 1. The normalized spacial score (nSPS) is 10.7. The highest BCUT2D eigenvalue weighted by atomic mass is 16.6. The van der Waals surface area contributed by atoms with Gasteiger partial charge in [0.1, 0.15) is 17.9 Å². The predicted octanol–water partition coefficient (Wildman–Crippen LogP) is 3.03. The average molecular weight is 354 g/mol. The summed E-state index contributed by atoms with van der Waals surface area (Å²) in [5.41, 5.74) is 1.64. The molecule has 0 amide bonds. The zero-order valence-corrected chi connectivity index (χ0v) is 14.3. The SMILES string of the molecule is COCCOC(=O)COc1ccc2c(-c3ccccc3)cc(=O)oc2c1. The Balaban J connectivity index is 1.81. The van der Waals surface area contributed by atoms with Crippen LogP contribution in [-0.2, 0) is 14.3 Å². The molecule has 26 heavy (non-hydrogen) atoms. The van der Waals surface area contributed by atoms with Crippen LogP contribution in [-0.4, -0.2) is 32.9 Å². The minimum Gasteiger partial charge on any atom is -0.482 e. The third-order valence-corrected chi connectivity index (χ3v) is 3.71. The Hall–Kier alpha value is -3.12. The third kappa shape index (κ3) is 4.29.